The van der Waals surface area contributed by atoms with Gasteiger partial charge in [0.25, 0.3) is 5.91 Å². The van der Waals surface area contributed by atoms with Crippen molar-refractivity contribution in [1.82, 2.24) is 9.80 Å². The minimum Gasteiger partial charge on any atom is -0.410 e. The monoisotopic (exact) mass is 253 g/mol. The first-order valence-electron chi connectivity index (χ1n) is 7.04. The second-order valence-corrected chi connectivity index (χ2v) is 5.24. The summed E-state index contributed by atoms with van der Waals surface area (Å²) in [6.07, 6.45) is 6.94. The van der Waals surface area contributed by atoms with Crippen molar-refractivity contribution in [2.45, 2.75) is 38.5 Å². The van der Waals surface area contributed by atoms with E-state index >= 15 is 0 Å². The largest absolute Gasteiger partial charge is 0.410 e. The molecule has 18 heavy (non-hydrogen) atoms. The van der Waals surface area contributed by atoms with Crippen LogP contribution in [0.1, 0.15) is 38.5 Å². The Morgan fingerprint density at radius 3 is 2.06 bits per heavy atom. The molecule has 0 aromatic carbocycles. The maximum atomic E-state index is 12.2. The van der Waals surface area contributed by atoms with Crippen LogP contribution in [0.25, 0.3) is 0 Å². The number of rotatable bonds is 3. The van der Waals surface area contributed by atoms with Crippen LogP contribution < -0.4 is 0 Å². The van der Waals surface area contributed by atoms with Crippen molar-refractivity contribution >= 4 is 11.6 Å². The van der Waals surface area contributed by atoms with Crippen molar-refractivity contribution in [1.29, 1.82) is 0 Å². The molecule has 2 heterocycles. The van der Waals surface area contributed by atoms with Crippen LogP contribution in [0.15, 0.2) is 5.16 Å². The van der Waals surface area contributed by atoms with E-state index in [1.54, 1.807) is 0 Å². The first-order valence-corrected chi connectivity index (χ1v) is 7.04. The van der Waals surface area contributed by atoms with Gasteiger partial charge in [-0.15, -0.1) is 0 Å². The minimum atomic E-state index is -0.0808. The van der Waals surface area contributed by atoms with Crippen molar-refractivity contribution in [3.63, 3.8) is 0 Å². The molecule has 0 aliphatic carbocycles. The summed E-state index contributed by atoms with van der Waals surface area (Å²) in [4.78, 5) is 16.2. The zero-order chi connectivity index (χ0) is 12.8. The van der Waals surface area contributed by atoms with Gasteiger partial charge in [0.1, 0.15) is 0 Å². The number of carbonyl (C=O) groups is 1. The summed E-state index contributed by atoms with van der Waals surface area (Å²) in [5, 5.41) is 12.3. The lowest BCUT2D eigenvalue weighted by Gasteiger charge is -2.30. The summed E-state index contributed by atoms with van der Waals surface area (Å²) in [6.45, 7) is 4.11. The van der Waals surface area contributed by atoms with E-state index in [0.717, 1.165) is 39.0 Å². The minimum absolute atomic E-state index is 0.0808. The summed E-state index contributed by atoms with van der Waals surface area (Å²) < 4.78 is 0. The van der Waals surface area contributed by atoms with Crippen LogP contribution in [-0.2, 0) is 4.79 Å². The molecule has 0 radical (unpaired) electrons. The van der Waals surface area contributed by atoms with Gasteiger partial charge in [-0.05, 0) is 45.2 Å². The molecule has 0 aromatic rings. The molecule has 0 spiro atoms. The first-order chi connectivity index (χ1) is 8.81. The molecular weight excluding hydrogens is 230 g/mol. The van der Waals surface area contributed by atoms with Crippen molar-refractivity contribution in [2.24, 2.45) is 5.16 Å². The fourth-order valence-electron chi connectivity index (χ4n) is 2.75. The standard InChI is InChI=1S/C13H23N3O2/c17-13(16-9-5-2-6-10-16)12(14-18)11-15-7-3-1-4-8-15/h18H,1-11H2. The molecule has 2 aliphatic heterocycles. The van der Waals surface area contributed by atoms with Gasteiger partial charge < -0.3 is 10.1 Å². The second kappa shape index (κ2) is 6.73. The quantitative estimate of drug-likeness (QED) is 0.469. The van der Waals surface area contributed by atoms with Gasteiger partial charge in [-0.3, -0.25) is 9.69 Å². The fraction of sp³-hybridized carbons (Fsp3) is 0.846. The number of amides is 1. The highest BCUT2D eigenvalue weighted by atomic mass is 16.4. The third-order valence-electron chi connectivity index (χ3n) is 3.83. The Labute approximate surface area is 108 Å². The van der Waals surface area contributed by atoms with Crippen LogP contribution in [0.5, 0.6) is 0 Å². The highest BCUT2D eigenvalue weighted by molar-refractivity contribution is 6.39. The number of likely N-dealkylation sites (tertiary alicyclic amines) is 2. The van der Waals surface area contributed by atoms with Crippen molar-refractivity contribution < 1.29 is 10.0 Å². The average Bonchev–Trinajstić information content (AvgIpc) is 2.46. The van der Waals surface area contributed by atoms with Crippen molar-refractivity contribution in [3.8, 4) is 0 Å². The molecule has 2 saturated heterocycles. The molecule has 1 amide bonds. The zero-order valence-electron chi connectivity index (χ0n) is 11.0. The fourth-order valence-corrected chi connectivity index (χ4v) is 2.75. The van der Waals surface area contributed by atoms with E-state index in [1.807, 2.05) is 4.90 Å². The van der Waals surface area contributed by atoms with Crippen molar-refractivity contribution in [2.75, 3.05) is 32.7 Å². The first kappa shape index (κ1) is 13.3. The summed E-state index contributed by atoms with van der Waals surface area (Å²) in [7, 11) is 0. The third-order valence-corrected chi connectivity index (χ3v) is 3.83. The lowest BCUT2D eigenvalue weighted by Crippen LogP contribution is -2.45. The molecule has 102 valence electrons. The number of hydrogen-bond acceptors (Lipinski definition) is 4. The van der Waals surface area contributed by atoms with E-state index in [1.165, 1.54) is 25.7 Å². The number of piperidine rings is 2. The van der Waals surface area contributed by atoms with Crippen LogP contribution in [0, 0.1) is 0 Å². The van der Waals surface area contributed by atoms with Crippen LogP contribution in [0.4, 0.5) is 0 Å². The molecular formula is C13H23N3O2. The van der Waals surface area contributed by atoms with Gasteiger partial charge in [-0.2, -0.15) is 0 Å². The summed E-state index contributed by atoms with van der Waals surface area (Å²) in [5.74, 6) is -0.0808. The average molecular weight is 253 g/mol. The van der Waals surface area contributed by atoms with E-state index in [2.05, 4.69) is 10.1 Å². The van der Waals surface area contributed by atoms with Crippen LogP contribution >= 0.6 is 0 Å². The smallest absolute Gasteiger partial charge is 0.273 e. The van der Waals surface area contributed by atoms with E-state index in [-0.39, 0.29) is 5.91 Å². The summed E-state index contributed by atoms with van der Waals surface area (Å²) >= 11 is 0. The Bertz CT molecular complexity index is 305. The molecule has 0 unspecified atom stereocenters. The predicted molar refractivity (Wildman–Crippen MR) is 69.9 cm³/mol. The molecule has 2 fully saturated rings. The summed E-state index contributed by atoms with van der Waals surface area (Å²) in [6, 6.07) is 0. The second-order valence-electron chi connectivity index (χ2n) is 5.24. The van der Waals surface area contributed by atoms with Gasteiger partial charge in [-0.1, -0.05) is 11.6 Å². The lowest BCUT2D eigenvalue weighted by molar-refractivity contribution is -0.125. The molecule has 0 bridgehead atoms. The van der Waals surface area contributed by atoms with Gasteiger partial charge in [0.2, 0.25) is 0 Å². The van der Waals surface area contributed by atoms with Crippen LogP contribution in [-0.4, -0.2) is 59.3 Å². The maximum absolute atomic E-state index is 12.2. The molecule has 0 saturated carbocycles. The molecule has 1 N–H and O–H groups in total. The van der Waals surface area contributed by atoms with Gasteiger partial charge in [-0.25, -0.2) is 0 Å². The molecule has 0 atom stereocenters. The highest BCUT2D eigenvalue weighted by Gasteiger charge is 2.24. The SMILES string of the molecule is O=C(C(CN1CCCCC1)=NO)N1CCCCC1. The van der Waals surface area contributed by atoms with E-state index in [4.69, 9.17) is 5.21 Å². The normalized spacial score (nSPS) is 23.1. The molecule has 0 aromatic heterocycles. The van der Waals surface area contributed by atoms with Crippen LogP contribution in [0.2, 0.25) is 0 Å². The Morgan fingerprint density at radius 2 is 1.50 bits per heavy atom. The van der Waals surface area contributed by atoms with E-state index in [9.17, 15) is 4.79 Å². The zero-order valence-corrected chi connectivity index (χ0v) is 11.0. The Hall–Kier alpha value is -1.10. The molecule has 5 nitrogen and oxygen atoms in total. The van der Waals surface area contributed by atoms with Gasteiger partial charge >= 0.3 is 0 Å². The highest BCUT2D eigenvalue weighted by Crippen LogP contribution is 2.11. The van der Waals surface area contributed by atoms with Gasteiger partial charge in [0.15, 0.2) is 5.71 Å². The molecule has 2 aliphatic rings. The Balaban J connectivity index is 1.88. The molecule has 5 heteroatoms. The number of carbonyl (C=O) groups excluding carboxylic acids is 1. The van der Waals surface area contributed by atoms with Crippen LogP contribution in [0.3, 0.4) is 0 Å². The summed E-state index contributed by atoms with van der Waals surface area (Å²) in [5.41, 5.74) is 0.304. The van der Waals surface area contributed by atoms with E-state index in [0.29, 0.717) is 12.3 Å². The number of hydrogen-bond donors (Lipinski definition) is 1. The van der Waals surface area contributed by atoms with E-state index < -0.39 is 0 Å². The molecule has 2 rings (SSSR count). The van der Waals surface area contributed by atoms with Crippen molar-refractivity contribution in [3.05, 3.63) is 0 Å². The Kier molecular flexibility index (Phi) is 4.99. The predicted octanol–water partition coefficient (Wildman–Crippen LogP) is 1.31. The Morgan fingerprint density at radius 1 is 0.944 bits per heavy atom. The lowest BCUT2D eigenvalue weighted by atomic mass is 10.1. The van der Waals surface area contributed by atoms with Gasteiger partial charge in [0.05, 0.1) is 0 Å². The van der Waals surface area contributed by atoms with Gasteiger partial charge in [0, 0.05) is 19.6 Å². The maximum Gasteiger partial charge on any atom is 0.273 e. The third kappa shape index (κ3) is 3.45. The number of oxime groups is 1. The topological polar surface area (TPSA) is 56.1 Å². The number of nitrogens with zero attached hydrogens (tertiary/aromatic N) is 3.